The van der Waals surface area contributed by atoms with Crippen molar-refractivity contribution in [3.8, 4) is 11.5 Å². The number of hydrogen-bond donors (Lipinski definition) is 1. The third-order valence-electron chi connectivity index (χ3n) is 2.74. The Morgan fingerprint density at radius 2 is 1.69 bits per heavy atom. The molecule has 0 aromatic heterocycles. The molecule has 1 N–H and O–H groups in total. The third-order valence-corrected chi connectivity index (χ3v) is 2.74. The number of rotatable bonds is 6. The highest BCUT2D eigenvalue weighted by molar-refractivity contribution is 5.55. The lowest BCUT2D eigenvalue weighted by atomic mass is 10.1. The first-order valence-corrected chi connectivity index (χ1v) is 5.73. The van der Waals surface area contributed by atoms with E-state index in [9.17, 15) is 0 Å². The van der Waals surface area contributed by atoms with E-state index in [0.29, 0.717) is 6.04 Å². The molecular formula is C13H21NO2. The number of hydrogen-bond acceptors (Lipinski definition) is 3. The molecule has 0 spiro atoms. The van der Waals surface area contributed by atoms with Gasteiger partial charge in [0.2, 0.25) is 0 Å². The molecule has 90 valence electrons. The minimum Gasteiger partial charge on any atom is -0.493 e. The monoisotopic (exact) mass is 223 g/mol. The van der Waals surface area contributed by atoms with Crippen LogP contribution < -0.4 is 14.8 Å². The van der Waals surface area contributed by atoms with Gasteiger partial charge in [0.25, 0.3) is 0 Å². The number of benzene rings is 1. The summed E-state index contributed by atoms with van der Waals surface area (Å²) in [6, 6.07) is 6.42. The first-order valence-electron chi connectivity index (χ1n) is 5.73. The molecule has 3 heteroatoms. The maximum Gasteiger partial charge on any atom is 0.162 e. The van der Waals surface area contributed by atoms with Crippen molar-refractivity contribution < 1.29 is 9.47 Å². The van der Waals surface area contributed by atoms with Gasteiger partial charge in [-0.3, -0.25) is 0 Å². The van der Waals surface area contributed by atoms with Gasteiger partial charge >= 0.3 is 0 Å². The zero-order valence-corrected chi connectivity index (χ0v) is 10.5. The molecule has 0 amide bonds. The fourth-order valence-electron chi connectivity index (χ4n) is 1.65. The Labute approximate surface area is 97.8 Å². The van der Waals surface area contributed by atoms with Gasteiger partial charge in [-0.15, -0.1) is 0 Å². The van der Waals surface area contributed by atoms with E-state index in [1.165, 1.54) is 0 Å². The molecule has 0 saturated carbocycles. The Morgan fingerprint density at radius 1 is 1.06 bits per heavy atom. The summed E-state index contributed by atoms with van der Waals surface area (Å²) in [6.45, 7) is 4.36. The molecular weight excluding hydrogens is 202 g/mol. The standard InChI is InChI=1S/C13H21NO2/c1-5-10(6-2)14-11-7-8-12(15-3)13(9-11)16-4/h7-10,14H,5-6H2,1-4H3. The second-order valence-corrected chi connectivity index (χ2v) is 3.73. The molecule has 0 aliphatic carbocycles. The lowest BCUT2D eigenvalue weighted by Crippen LogP contribution is -2.16. The summed E-state index contributed by atoms with van der Waals surface area (Å²) < 4.78 is 10.5. The van der Waals surface area contributed by atoms with Crippen LogP contribution in [-0.2, 0) is 0 Å². The van der Waals surface area contributed by atoms with Gasteiger partial charge < -0.3 is 14.8 Å². The van der Waals surface area contributed by atoms with Crippen LogP contribution in [0.5, 0.6) is 11.5 Å². The fourth-order valence-corrected chi connectivity index (χ4v) is 1.65. The molecule has 1 rings (SSSR count). The molecule has 3 nitrogen and oxygen atoms in total. The Bertz CT molecular complexity index is 322. The van der Waals surface area contributed by atoms with Crippen molar-refractivity contribution in [1.82, 2.24) is 0 Å². The van der Waals surface area contributed by atoms with Crippen molar-refractivity contribution in [1.29, 1.82) is 0 Å². The zero-order valence-electron chi connectivity index (χ0n) is 10.5. The van der Waals surface area contributed by atoms with Gasteiger partial charge in [0.15, 0.2) is 11.5 Å². The minimum absolute atomic E-state index is 0.512. The zero-order chi connectivity index (χ0) is 12.0. The lowest BCUT2D eigenvalue weighted by molar-refractivity contribution is 0.355. The average molecular weight is 223 g/mol. The second-order valence-electron chi connectivity index (χ2n) is 3.73. The number of methoxy groups -OCH3 is 2. The van der Waals surface area contributed by atoms with E-state index in [4.69, 9.17) is 9.47 Å². The minimum atomic E-state index is 0.512. The van der Waals surface area contributed by atoms with Gasteiger partial charge in [0, 0.05) is 17.8 Å². The number of nitrogens with one attached hydrogen (secondary N) is 1. The van der Waals surface area contributed by atoms with Crippen molar-refractivity contribution in [3.63, 3.8) is 0 Å². The van der Waals surface area contributed by atoms with Crippen LogP contribution in [0.3, 0.4) is 0 Å². The Morgan fingerprint density at radius 3 is 2.19 bits per heavy atom. The summed E-state index contributed by atoms with van der Waals surface area (Å²) in [5.41, 5.74) is 1.08. The molecule has 0 heterocycles. The quantitative estimate of drug-likeness (QED) is 0.802. The highest BCUT2D eigenvalue weighted by Crippen LogP contribution is 2.30. The van der Waals surface area contributed by atoms with Gasteiger partial charge in [0.05, 0.1) is 14.2 Å². The maximum absolute atomic E-state index is 5.26. The summed E-state index contributed by atoms with van der Waals surface area (Å²) in [4.78, 5) is 0. The number of ether oxygens (including phenoxy) is 2. The normalized spacial score (nSPS) is 10.3. The Hall–Kier alpha value is -1.38. The summed E-state index contributed by atoms with van der Waals surface area (Å²) in [6.07, 6.45) is 2.23. The van der Waals surface area contributed by atoms with Crippen LogP contribution in [0.15, 0.2) is 18.2 Å². The fraction of sp³-hybridized carbons (Fsp3) is 0.538. The molecule has 0 atom stereocenters. The largest absolute Gasteiger partial charge is 0.493 e. The van der Waals surface area contributed by atoms with Gasteiger partial charge in [-0.2, -0.15) is 0 Å². The average Bonchev–Trinajstić information content (AvgIpc) is 2.35. The predicted octanol–water partition coefficient (Wildman–Crippen LogP) is 3.30. The van der Waals surface area contributed by atoms with E-state index in [1.807, 2.05) is 18.2 Å². The molecule has 0 unspecified atom stereocenters. The van der Waals surface area contributed by atoms with Crippen LogP contribution in [0.25, 0.3) is 0 Å². The molecule has 1 aromatic rings. The highest BCUT2D eigenvalue weighted by Gasteiger charge is 2.07. The molecule has 0 fully saturated rings. The first kappa shape index (κ1) is 12.7. The Balaban J connectivity index is 2.82. The van der Waals surface area contributed by atoms with E-state index in [0.717, 1.165) is 30.0 Å². The van der Waals surface area contributed by atoms with Gasteiger partial charge in [0.1, 0.15) is 0 Å². The van der Waals surface area contributed by atoms with Crippen LogP contribution in [0.1, 0.15) is 26.7 Å². The summed E-state index contributed by atoms with van der Waals surface area (Å²) in [7, 11) is 3.30. The summed E-state index contributed by atoms with van der Waals surface area (Å²) in [5, 5.41) is 3.47. The van der Waals surface area contributed by atoms with Crippen LogP contribution >= 0.6 is 0 Å². The molecule has 0 bridgehead atoms. The van der Waals surface area contributed by atoms with Crippen molar-refractivity contribution in [3.05, 3.63) is 18.2 Å². The molecule has 0 aliphatic heterocycles. The molecule has 1 aromatic carbocycles. The van der Waals surface area contributed by atoms with Gasteiger partial charge in [-0.25, -0.2) is 0 Å². The van der Waals surface area contributed by atoms with Crippen molar-refractivity contribution in [2.24, 2.45) is 0 Å². The summed E-state index contributed by atoms with van der Waals surface area (Å²) >= 11 is 0. The van der Waals surface area contributed by atoms with Gasteiger partial charge in [-0.1, -0.05) is 13.8 Å². The first-order chi connectivity index (χ1) is 7.74. The van der Waals surface area contributed by atoms with E-state index in [1.54, 1.807) is 14.2 Å². The SMILES string of the molecule is CCC(CC)Nc1ccc(OC)c(OC)c1. The molecule has 0 radical (unpaired) electrons. The number of anilines is 1. The van der Waals surface area contributed by atoms with Crippen LogP contribution in [0, 0.1) is 0 Å². The van der Waals surface area contributed by atoms with Crippen molar-refractivity contribution in [2.45, 2.75) is 32.7 Å². The van der Waals surface area contributed by atoms with E-state index in [-0.39, 0.29) is 0 Å². The Kier molecular flexibility index (Phi) is 4.96. The lowest BCUT2D eigenvalue weighted by Gasteiger charge is -2.17. The maximum atomic E-state index is 5.26. The second kappa shape index (κ2) is 6.26. The smallest absolute Gasteiger partial charge is 0.162 e. The third kappa shape index (κ3) is 3.05. The van der Waals surface area contributed by atoms with Crippen LogP contribution in [0.2, 0.25) is 0 Å². The molecule has 0 saturated heterocycles. The topological polar surface area (TPSA) is 30.5 Å². The summed E-state index contributed by atoms with van der Waals surface area (Å²) in [5.74, 6) is 1.52. The molecule has 0 aliphatic rings. The van der Waals surface area contributed by atoms with E-state index >= 15 is 0 Å². The van der Waals surface area contributed by atoms with E-state index in [2.05, 4.69) is 19.2 Å². The molecule has 16 heavy (non-hydrogen) atoms. The highest BCUT2D eigenvalue weighted by atomic mass is 16.5. The van der Waals surface area contributed by atoms with Gasteiger partial charge in [-0.05, 0) is 25.0 Å². The van der Waals surface area contributed by atoms with Crippen molar-refractivity contribution in [2.75, 3.05) is 19.5 Å². The van der Waals surface area contributed by atoms with Crippen LogP contribution in [0.4, 0.5) is 5.69 Å². The van der Waals surface area contributed by atoms with Crippen LogP contribution in [-0.4, -0.2) is 20.3 Å². The predicted molar refractivity (Wildman–Crippen MR) is 67.5 cm³/mol. The van der Waals surface area contributed by atoms with E-state index < -0.39 is 0 Å². The van der Waals surface area contributed by atoms with Crippen molar-refractivity contribution >= 4 is 5.69 Å².